The van der Waals surface area contributed by atoms with Crippen LogP contribution in [0.3, 0.4) is 0 Å². The van der Waals surface area contributed by atoms with Crippen molar-refractivity contribution in [3.63, 3.8) is 0 Å². The molecule has 0 aromatic heterocycles. The minimum Gasteiger partial charge on any atom is -0.326 e. The maximum atomic E-state index is 11.7. The summed E-state index contributed by atoms with van der Waals surface area (Å²) in [6.45, 7) is 0.622. The third kappa shape index (κ3) is 2.33. The quantitative estimate of drug-likeness (QED) is 0.871. The molecule has 0 saturated heterocycles. The molecule has 0 bridgehead atoms. The minimum atomic E-state index is -0.0950. The molecule has 1 amide bonds. The maximum absolute atomic E-state index is 11.7. The fourth-order valence-corrected chi connectivity index (χ4v) is 2.32. The number of benzene rings is 2. The Morgan fingerprint density at radius 1 is 1.15 bits per heavy atom. The van der Waals surface area contributed by atoms with Crippen molar-refractivity contribution in [3.8, 4) is 0 Å². The zero-order valence-corrected chi connectivity index (χ0v) is 11.0. The van der Waals surface area contributed by atoms with Crippen molar-refractivity contribution in [1.29, 1.82) is 0 Å². The molecular formula is C16H15N3O. The first-order valence-electron chi connectivity index (χ1n) is 6.51. The molecular weight excluding hydrogens is 250 g/mol. The molecule has 0 saturated carbocycles. The number of rotatable bonds is 2. The second kappa shape index (κ2) is 5.27. The van der Waals surface area contributed by atoms with Gasteiger partial charge in [-0.15, -0.1) is 0 Å². The van der Waals surface area contributed by atoms with Crippen molar-refractivity contribution < 1.29 is 4.79 Å². The number of para-hydroxylation sites is 1. The van der Waals surface area contributed by atoms with Crippen LogP contribution in [0, 0.1) is 0 Å². The first kappa shape index (κ1) is 12.6. The minimum absolute atomic E-state index is 0.0950. The van der Waals surface area contributed by atoms with Crippen LogP contribution < -0.4 is 11.1 Å². The number of carbonyl (C=O) groups is 1. The van der Waals surface area contributed by atoms with E-state index in [1.807, 2.05) is 48.5 Å². The van der Waals surface area contributed by atoms with E-state index in [2.05, 4.69) is 10.3 Å². The summed E-state index contributed by atoms with van der Waals surface area (Å²) in [5, 5.41) is 2.87. The fraction of sp³-hybridized carbons (Fsp3) is 0.125. The zero-order chi connectivity index (χ0) is 13.9. The molecule has 0 unspecified atom stereocenters. The summed E-state index contributed by atoms with van der Waals surface area (Å²) >= 11 is 0. The average molecular weight is 265 g/mol. The van der Waals surface area contributed by atoms with E-state index in [1.165, 1.54) is 0 Å². The van der Waals surface area contributed by atoms with Gasteiger partial charge in [0.2, 0.25) is 5.91 Å². The predicted molar refractivity (Wildman–Crippen MR) is 79.9 cm³/mol. The summed E-state index contributed by atoms with van der Waals surface area (Å²) in [5.74, 6) is -0.0950. The van der Waals surface area contributed by atoms with E-state index < -0.39 is 0 Å². The molecule has 2 aromatic carbocycles. The molecule has 0 fully saturated rings. The van der Waals surface area contributed by atoms with Gasteiger partial charge in [0.1, 0.15) is 6.54 Å². The van der Waals surface area contributed by atoms with Gasteiger partial charge in [-0.1, -0.05) is 36.4 Å². The van der Waals surface area contributed by atoms with E-state index in [4.69, 9.17) is 5.73 Å². The molecule has 0 aliphatic carbocycles. The van der Waals surface area contributed by atoms with Gasteiger partial charge in [0.15, 0.2) is 0 Å². The summed E-state index contributed by atoms with van der Waals surface area (Å²) in [4.78, 5) is 16.2. The van der Waals surface area contributed by atoms with E-state index in [9.17, 15) is 4.79 Å². The van der Waals surface area contributed by atoms with Crippen LogP contribution in [0.5, 0.6) is 0 Å². The number of hydrogen-bond donors (Lipinski definition) is 2. The smallest absolute Gasteiger partial charge is 0.246 e. The first-order valence-corrected chi connectivity index (χ1v) is 6.51. The Labute approximate surface area is 117 Å². The van der Waals surface area contributed by atoms with Crippen LogP contribution >= 0.6 is 0 Å². The lowest BCUT2D eigenvalue weighted by Crippen LogP contribution is -2.13. The fourth-order valence-electron chi connectivity index (χ4n) is 2.32. The highest BCUT2D eigenvalue weighted by Gasteiger charge is 2.17. The van der Waals surface area contributed by atoms with E-state index in [0.29, 0.717) is 6.54 Å². The number of nitrogens with one attached hydrogen (secondary N) is 1. The molecule has 0 radical (unpaired) electrons. The van der Waals surface area contributed by atoms with Gasteiger partial charge in [-0.3, -0.25) is 9.79 Å². The normalized spacial score (nSPS) is 14.1. The highest BCUT2D eigenvalue weighted by Crippen LogP contribution is 2.22. The third-order valence-corrected chi connectivity index (χ3v) is 3.27. The van der Waals surface area contributed by atoms with E-state index in [-0.39, 0.29) is 12.5 Å². The van der Waals surface area contributed by atoms with E-state index >= 15 is 0 Å². The number of benzodiazepines with no additional fused rings is 1. The maximum Gasteiger partial charge on any atom is 0.246 e. The number of fused-ring (bicyclic) bond motifs is 1. The molecule has 0 spiro atoms. The monoisotopic (exact) mass is 265 g/mol. The molecule has 4 nitrogen and oxygen atoms in total. The van der Waals surface area contributed by atoms with E-state index in [0.717, 1.165) is 28.1 Å². The van der Waals surface area contributed by atoms with Crippen LogP contribution in [0.25, 0.3) is 0 Å². The summed E-state index contributed by atoms with van der Waals surface area (Å²) in [5.41, 5.74) is 10.3. The number of aliphatic imine (C=N–C) groups is 1. The van der Waals surface area contributed by atoms with Crippen LogP contribution in [-0.4, -0.2) is 18.2 Å². The largest absolute Gasteiger partial charge is 0.326 e. The predicted octanol–water partition coefficient (Wildman–Crippen LogP) is 1.93. The topological polar surface area (TPSA) is 67.5 Å². The number of hydrogen-bond acceptors (Lipinski definition) is 3. The number of anilines is 1. The van der Waals surface area contributed by atoms with Crippen LogP contribution in [0.1, 0.15) is 16.7 Å². The zero-order valence-electron chi connectivity index (χ0n) is 11.0. The van der Waals surface area contributed by atoms with Crippen LogP contribution in [0.4, 0.5) is 5.69 Å². The van der Waals surface area contributed by atoms with Gasteiger partial charge in [-0.25, -0.2) is 0 Å². The lowest BCUT2D eigenvalue weighted by atomic mass is 9.99. The van der Waals surface area contributed by atoms with Crippen molar-refractivity contribution >= 4 is 17.3 Å². The third-order valence-electron chi connectivity index (χ3n) is 3.27. The Hall–Kier alpha value is -2.46. The molecule has 2 aromatic rings. The SMILES string of the molecule is NCc1cccc(C2=NCC(=O)Nc3ccccc32)c1. The summed E-state index contributed by atoms with van der Waals surface area (Å²) < 4.78 is 0. The molecule has 1 aliphatic rings. The van der Waals surface area contributed by atoms with Gasteiger partial charge in [0, 0.05) is 17.7 Å². The highest BCUT2D eigenvalue weighted by molar-refractivity contribution is 6.19. The Bertz CT molecular complexity index is 692. The number of nitrogens with two attached hydrogens (primary N) is 1. The van der Waals surface area contributed by atoms with Crippen molar-refractivity contribution in [1.82, 2.24) is 0 Å². The number of amides is 1. The van der Waals surface area contributed by atoms with Gasteiger partial charge in [0.05, 0.1) is 11.4 Å². The number of carbonyl (C=O) groups excluding carboxylic acids is 1. The van der Waals surface area contributed by atoms with Crippen LogP contribution in [0.15, 0.2) is 53.5 Å². The van der Waals surface area contributed by atoms with Gasteiger partial charge >= 0.3 is 0 Å². The Morgan fingerprint density at radius 3 is 2.85 bits per heavy atom. The molecule has 100 valence electrons. The van der Waals surface area contributed by atoms with Crippen molar-refractivity contribution in [2.75, 3.05) is 11.9 Å². The number of nitrogens with zero attached hydrogens (tertiary/aromatic N) is 1. The molecule has 1 aliphatic heterocycles. The average Bonchev–Trinajstić information content (AvgIpc) is 2.65. The second-order valence-corrected chi connectivity index (χ2v) is 4.66. The first-order chi connectivity index (χ1) is 9.78. The molecule has 20 heavy (non-hydrogen) atoms. The Balaban J connectivity index is 2.14. The second-order valence-electron chi connectivity index (χ2n) is 4.66. The molecule has 3 N–H and O–H groups in total. The highest BCUT2D eigenvalue weighted by atomic mass is 16.1. The van der Waals surface area contributed by atoms with E-state index in [1.54, 1.807) is 0 Å². The summed E-state index contributed by atoms with van der Waals surface area (Å²) in [6, 6.07) is 15.7. The van der Waals surface area contributed by atoms with Crippen LogP contribution in [0.2, 0.25) is 0 Å². The standard InChI is InChI=1S/C16H15N3O/c17-9-11-4-3-5-12(8-11)16-13-6-1-2-7-14(13)19-15(20)10-18-16/h1-8H,9-10,17H2,(H,19,20). The van der Waals surface area contributed by atoms with Crippen molar-refractivity contribution in [2.45, 2.75) is 6.54 Å². The molecule has 0 atom stereocenters. The summed E-state index contributed by atoms with van der Waals surface area (Å²) in [7, 11) is 0. The molecule has 3 rings (SSSR count). The Kier molecular flexibility index (Phi) is 3.31. The van der Waals surface area contributed by atoms with Gasteiger partial charge < -0.3 is 11.1 Å². The lowest BCUT2D eigenvalue weighted by Gasteiger charge is -2.10. The molecule has 1 heterocycles. The molecule has 4 heteroatoms. The van der Waals surface area contributed by atoms with Crippen molar-refractivity contribution in [2.24, 2.45) is 10.7 Å². The van der Waals surface area contributed by atoms with Gasteiger partial charge in [0.25, 0.3) is 0 Å². The summed E-state index contributed by atoms with van der Waals surface area (Å²) in [6.07, 6.45) is 0. The Morgan fingerprint density at radius 2 is 2.00 bits per heavy atom. The van der Waals surface area contributed by atoms with Gasteiger partial charge in [-0.05, 0) is 17.7 Å². The lowest BCUT2D eigenvalue weighted by molar-refractivity contribution is -0.114. The van der Waals surface area contributed by atoms with Crippen molar-refractivity contribution in [3.05, 3.63) is 65.2 Å². The van der Waals surface area contributed by atoms with Crippen LogP contribution in [-0.2, 0) is 11.3 Å². The van der Waals surface area contributed by atoms with Gasteiger partial charge in [-0.2, -0.15) is 0 Å².